The molecule has 0 aliphatic carbocycles. The molecule has 0 saturated heterocycles. The number of carbonyl (C=O) groups is 3. The lowest BCUT2D eigenvalue weighted by atomic mass is 10.2. The van der Waals surface area contributed by atoms with Crippen LogP contribution in [0.25, 0.3) is 0 Å². The summed E-state index contributed by atoms with van der Waals surface area (Å²) < 4.78 is 11.3. The molecule has 0 radical (unpaired) electrons. The van der Waals surface area contributed by atoms with Crippen LogP contribution in [0.1, 0.15) is 29.9 Å². The van der Waals surface area contributed by atoms with Gasteiger partial charge in [0.25, 0.3) is 0 Å². The van der Waals surface area contributed by atoms with E-state index in [4.69, 9.17) is 9.47 Å². The van der Waals surface area contributed by atoms with Crippen LogP contribution in [-0.4, -0.2) is 40.8 Å². The minimum atomic E-state index is -1.09. The highest BCUT2D eigenvalue weighted by Crippen LogP contribution is 2.18. The molecule has 0 atom stereocenters. The van der Waals surface area contributed by atoms with Crippen molar-refractivity contribution in [3.8, 4) is 0 Å². The molecule has 0 spiro atoms. The number of benzene rings is 1. The number of rotatable bonds is 9. The van der Waals surface area contributed by atoms with E-state index >= 15 is 0 Å². The topological polar surface area (TPSA) is 107 Å². The van der Waals surface area contributed by atoms with Crippen molar-refractivity contribution >= 4 is 23.7 Å². The predicted molar refractivity (Wildman–Crippen MR) is 102 cm³/mol. The molecule has 0 saturated carbocycles. The SMILES string of the molecule is CCOC(=O)C(=CNc1ccc(C(=O)O)n1Cc1ccccc1)C(=O)OCC. The second-order valence-corrected chi connectivity index (χ2v) is 5.62. The zero-order valence-electron chi connectivity index (χ0n) is 15.7. The van der Waals surface area contributed by atoms with Crippen molar-refractivity contribution in [2.75, 3.05) is 18.5 Å². The van der Waals surface area contributed by atoms with Crippen LogP contribution in [0.4, 0.5) is 5.82 Å². The van der Waals surface area contributed by atoms with Crippen LogP contribution in [0.3, 0.4) is 0 Å². The van der Waals surface area contributed by atoms with Crippen molar-refractivity contribution in [1.29, 1.82) is 0 Å². The Morgan fingerprint density at radius 3 is 2.14 bits per heavy atom. The molecule has 2 rings (SSSR count). The number of aromatic carboxylic acids is 1. The van der Waals surface area contributed by atoms with Crippen LogP contribution in [0, 0.1) is 0 Å². The third-order valence-corrected chi connectivity index (χ3v) is 3.74. The van der Waals surface area contributed by atoms with Crippen molar-refractivity contribution in [2.45, 2.75) is 20.4 Å². The maximum Gasteiger partial charge on any atom is 0.352 e. The fraction of sp³-hybridized carbons (Fsp3) is 0.250. The molecule has 2 aromatic rings. The van der Waals surface area contributed by atoms with Crippen LogP contribution < -0.4 is 5.32 Å². The summed E-state index contributed by atoms with van der Waals surface area (Å²) in [6, 6.07) is 12.3. The van der Waals surface area contributed by atoms with E-state index in [2.05, 4.69) is 5.32 Å². The van der Waals surface area contributed by atoms with Gasteiger partial charge >= 0.3 is 17.9 Å². The van der Waals surface area contributed by atoms with Crippen molar-refractivity contribution in [2.24, 2.45) is 0 Å². The summed E-state index contributed by atoms with van der Waals surface area (Å²) in [4.78, 5) is 35.6. The molecular weight excluding hydrogens is 364 g/mol. The van der Waals surface area contributed by atoms with Gasteiger partial charge in [0.1, 0.15) is 11.5 Å². The average Bonchev–Trinajstić information content (AvgIpc) is 3.06. The molecule has 1 aromatic carbocycles. The van der Waals surface area contributed by atoms with E-state index in [9.17, 15) is 19.5 Å². The molecule has 0 unspecified atom stereocenters. The van der Waals surface area contributed by atoms with Gasteiger partial charge < -0.3 is 24.5 Å². The third-order valence-electron chi connectivity index (χ3n) is 3.74. The largest absolute Gasteiger partial charge is 0.477 e. The number of aromatic nitrogens is 1. The van der Waals surface area contributed by atoms with Crippen molar-refractivity contribution in [1.82, 2.24) is 4.57 Å². The zero-order chi connectivity index (χ0) is 20.5. The first kappa shape index (κ1) is 20.8. The number of anilines is 1. The van der Waals surface area contributed by atoms with Gasteiger partial charge in [-0.3, -0.25) is 0 Å². The molecule has 0 amide bonds. The van der Waals surface area contributed by atoms with Crippen molar-refractivity contribution < 1.29 is 29.0 Å². The minimum Gasteiger partial charge on any atom is -0.477 e. The Morgan fingerprint density at radius 2 is 1.61 bits per heavy atom. The molecule has 2 N–H and O–H groups in total. The van der Waals surface area contributed by atoms with Crippen LogP contribution in [-0.2, 0) is 25.6 Å². The standard InChI is InChI=1S/C20H22N2O6/c1-3-27-19(25)15(20(26)28-4-2)12-21-17-11-10-16(18(23)24)22(17)13-14-8-6-5-7-9-14/h5-12,21H,3-4,13H2,1-2H3,(H,23,24). The first-order chi connectivity index (χ1) is 13.5. The zero-order valence-corrected chi connectivity index (χ0v) is 15.7. The van der Waals surface area contributed by atoms with Gasteiger partial charge in [-0.2, -0.15) is 0 Å². The monoisotopic (exact) mass is 386 g/mol. The lowest BCUT2D eigenvalue weighted by Crippen LogP contribution is -2.20. The molecule has 148 valence electrons. The third kappa shape index (κ3) is 5.23. The van der Waals surface area contributed by atoms with E-state index in [0.717, 1.165) is 5.56 Å². The number of carbonyl (C=O) groups excluding carboxylic acids is 2. The maximum absolute atomic E-state index is 12.0. The number of esters is 2. The molecule has 1 aromatic heterocycles. The minimum absolute atomic E-state index is 0.0635. The molecule has 0 aliphatic heterocycles. The Morgan fingerprint density at radius 1 is 1.00 bits per heavy atom. The molecule has 8 heteroatoms. The predicted octanol–water partition coefficient (Wildman–Crippen LogP) is 2.66. The molecule has 0 fully saturated rings. The summed E-state index contributed by atoms with van der Waals surface area (Å²) in [5, 5.41) is 12.3. The van der Waals surface area contributed by atoms with E-state index < -0.39 is 17.9 Å². The van der Waals surface area contributed by atoms with E-state index in [1.54, 1.807) is 19.9 Å². The number of hydrogen-bond donors (Lipinski definition) is 2. The summed E-state index contributed by atoms with van der Waals surface area (Å²) in [6.07, 6.45) is 1.17. The van der Waals surface area contributed by atoms with Gasteiger partial charge in [0.05, 0.1) is 13.2 Å². The first-order valence-electron chi connectivity index (χ1n) is 8.75. The highest BCUT2D eigenvalue weighted by atomic mass is 16.6. The number of ether oxygens (including phenoxy) is 2. The molecule has 28 heavy (non-hydrogen) atoms. The molecule has 0 aliphatic rings. The van der Waals surface area contributed by atoms with Gasteiger partial charge in [-0.25, -0.2) is 14.4 Å². The Labute approximate surface area is 162 Å². The van der Waals surface area contributed by atoms with Crippen LogP contribution in [0.15, 0.2) is 54.2 Å². The lowest BCUT2D eigenvalue weighted by Gasteiger charge is -2.12. The lowest BCUT2D eigenvalue weighted by molar-refractivity contribution is -0.146. The van der Waals surface area contributed by atoms with Crippen molar-refractivity contribution in [3.05, 3.63) is 65.5 Å². The first-order valence-corrected chi connectivity index (χ1v) is 8.75. The van der Waals surface area contributed by atoms with E-state index in [0.29, 0.717) is 12.4 Å². The summed E-state index contributed by atoms with van der Waals surface area (Å²) in [6.45, 7) is 3.74. The Kier molecular flexibility index (Phi) is 7.38. The summed E-state index contributed by atoms with van der Waals surface area (Å²) in [7, 11) is 0. The fourth-order valence-corrected chi connectivity index (χ4v) is 2.48. The quantitative estimate of drug-likeness (QED) is 0.295. The van der Waals surface area contributed by atoms with Gasteiger partial charge in [-0.05, 0) is 31.5 Å². The van der Waals surface area contributed by atoms with Crippen molar-refractivity contribution in [3.63, 3.8) is 0 Å². The van der Waals surface area contributed by atoms with Crippen LogP contribution >= 0.6 is 0 Å². The second-order valence-electron chi connectivity index (χ2n) is 5.62. The highest BCUT2D eigenvalue weighted by Gasteiger charge is 2.21. The normalized spacial score (nSPS) is 10.1. The van der Waals surface area contributed by atoms with Gasteiger partial charge in [-0.1, -0.05) is 30.3 Å². The van der Waals surface area contributed by atoms with Gasteiger partial charge in [-0.15, -0.1) is 0 Å². The second kappa shape index (κ2) is 9.96. The summed E-state index contributed by atoms with van der Waals surface area (Å²) in [5.41, 5.74) is 0.644. The van der Waals surface area contributed by atoms with E-state index in [1.165, 1.54) is 16.8 Å². The van der Waals surface area contributed by atoms with Gasteiger partial charge in [0.15, 0.2) is 5.57 Å². The van der Waals surface area contributed by atoms with Crippen LogP contribution in [0.5, 0.6) is 0 Å². The molecule has 0 bridgehead atoms. The number of nitrogens with zero attached hydrogens (tertiary/aromatic N) is 1. The highest BCUT2D eigenvalue weighted by molar-refractivity contribution is 6.14. The summed E-state index contributed by atoms with van der Waals surface area (Å²) >= 11 is 0. The van der Waals surface area contributed by atoms with E-state index in [-0.39, 0.29) is 24.5 Å². The number of nitrogens with one attached hydrogen (secondary N) is 1. The smallest absolute Gasteiger partial charge is 0.352 e. The maximum atomic E-state index is 12.0. The van der Waals surface area contributed by atoms with E-state index in [1.807, 2.05) is 30.3 Å². The molecule has 8 nitrogen and oxygen atoms in total. The molecule has 1 heterocycles. The van der Waals surface area contributed by atoms with Gasteiger partial charge in [0.2, 0.25) is 0 Å². The fourth-order valence-electron chi connectivity index (χ4n) is 2.48. The average molecular weight is 386 g/mol. The number of carboxylic acid groups (broad SMARTS) is 1. The Hall–Kier alpha value is -3.55. The number of hydrogen-bond acceptors (Lipinski definition) is 6. The number of carboxylic acids is 1. The van der Waals surface area contributed by atoms with Crippen LogP contribution in [0.2, 0.25) is 0 Å². The Balaban J connectivity index is 2.35. The Bertz CT molecular complexity index is 850. The van der Waals surface area contributed by atoms with Gasteiger partial charge in [0, 0.05) is 12.7 Å². The molecular formula is C20H22N2O6. The summed E-state index contributed by atoms with van der Waals surface area (Å²) in [5.74, 6) is -2.35.